The van der Waals surface area contributed by atoms with E-state index in [9.17, 15) is 13.2 Å². The molecule has 0 atom stereocenters. The van der Waals surface area contributed by atoms with Crippen molar-refractivity contribution in [1.29, 1.82) is 0 Å². The molecule has 0 fully saturated rings. The van der Waals surface area contributed by atoms with Crippen LogP contribution in [-0.2, 0) is 11.2 Å². The number of rotatable bonds is 5. The first-order chi connectivity index (χ1) is 10.4. The van der Waals surface area contributed by atoms with Crippen LogP contribution in [0.1, 0.15) is 5.56 Å². The average molecular weight is 333 g/mol. The Bertz CT molecular complexity index is 633. The number of alkyl halides is 3. The van der Waals surface area contributed by atoms with Gasteiger partial charge in [-0.25, -0.2) is 4.98 Å². The molecule has 0 unspecified atom stereocenters. The van der Waals surface area contributed by atoms with Crippen molar-refractivity contribution in [3.63, 3.8) is 0 Å². The number of halogens is 4. The van der Waals surface area contributed by atoms with Crippen molar-refractivity contribution in [3.8, 4) is 17.0 Å². The van der Waals surface area contributed by atoms with Crippen molar-refractivity contribution in [2.75, 3.05) is 13.7 Å². The van der Waals surface area contributed by atoms with E-state index in [1.807, 2.05) is 0 Å². The number of ether oxygens (including phenoxy) is 2. The van der Waals surface area contributed by atoms with E-state index in [1.165, 1.54) is 37.7 Å². The Balaban J connectivity index is 2.37. The van der Waals surface area contributed by atoms with Crippen molar-refractivity contribution < 1.29 is 22.6 Å². The third kappa shape index (κ3) is 4.57. The van der Waals surface area contributed by atoms with Gasteiger partial charge in [-0.3, -0.25) is 4.98 Å². The number of nitrogens with zero attached hydrogens (tertiary/aromatic N) is 2. The summed E-state index contributed by atoms with van der Waals surface area (Å²) >= 11 is 5.68. The predicted molar refractivity (Wildman–Crippen MR) is 74.7 cm³/mol. The first-order valence-electron chi connectivity index (χ1n) is 6.24. The lowest BCUT2D eigenvalue weighted by molar-refractivity contribution is -0.274. The molecule has 1 aromatic carbocycles. The van der Waals surface area contributed by atoms with Gasteiger partial charge >= 0.3 is 6.36 Å². The summed E-state index contributed by atoms with van der Waals surface area (Å²) < 4.78 is 45.8. The Kier molecular flexibility index (Phi) is 5.20. The number of hydrogen-bond donors (Lipinski definition) is 0. The first-order valence-corrected chi connectivity index (χ1v) is 6.62. The van der Waals surface area contributed by atoms with Crippen molar-refractivity contribution in [2.24, 2.45) is 0 Å². The Morgan fingerprint density at radius 3 is 2.55 bits per heavy atom. The highest BCUT2D eigenvalue weighted by Gasteiger charge is 2.31. The van der Waals surface area contributed by atoms with Gasteiger partial charge in [-0.2, -0.15) is 0 Å². The quantitative estimate of drug-likeness (QED) is 0.833. The smallest absolute Gasteiger partial charge is 0.406 e. The molecule has 1 aromatic heterocycles. The van der Waals surface area contributed by atoms with Crippen molar-refractivity contribution in [3.05, 3.63) is 41.3 Å². The van der Waals surface area contributed by atoms with Gasteiger partial charge in [0.25, 0.3) is 0 Å². The summed E-state index contributed by atoms with van der Waals surface area (Å²) in [7, 11) is 1.51. The lowest BCUT2D eigenvalue weighted by Crippen LogP contribution is -2.17. The molecule has 0 aliphatic carbocycles. The lowest BCUT2D eigenvalue weighted by Gasteiger charge is -2.13. The second kappa shape index (κ2) is 6.93. The van der Waals surface area contributed by atoms with Crippen LogP contribution in [0, 0.1) is 0 Å². The zero-order valence-corrected chi connectivity index (χ0v) is 12.3. The fourth-order valence-corrected chi connectivity index (χ4v) is 1.98. The number of aromatic nitrogens is 2. The minimum Gasteiger partial charge on any atom is -0.406 e. The summed E-state index contributed by atoms with van der Waals surface area (Å²) in [5.74, 6) is -0.288. The van der Waals surface area contributed by atoms with E-state index < -0.39 is 6.36 Å². The van der Waals surface area contributed by atoms with Gasteiger partial charge in [-0.15, -0.1) is 13.2 Å². The van der Waals surface area contributed by atoms with Gasteiger partial charge in [0.1, 0.15) is 10.9 Å². The molecule has 1 heterocycles. The van der Waals surface area contributed by atoms with Gasteiger partial charge in [-0.1, -0.05) is 11.6 Å². The Morgan fingerprint density at radius 2 is 1.95 bits per heavy atom. The molecule has 22 heavy (non-hydrogen) atoms. The Hall–Kier alpha value is -1.86. The maximum absolute atomic E-state index is 12.3. The molecule has 0 aliphatic rings. The molecule has 8 heteroatoms. The van der Waals surface area contributed by atoms with Crippen LogP contribution < -0.4 is 4.74 Å². The van der Waals surface area contributed by atoms with Crippen molar-refractivity contribution in [1.82, 2.24) is 9.97 Å². The largest absolute Gasteiger partial charge is 0.573 e. The molecule has 0 saturated carbocycles. The molecule has 4 nitrogen and oxygen atoms in total. The molecule has 2 aromatic rings. The third-order valence-electron chi connectivity index (χ3n) is 2.78. The first kappa shape index (κ1) is 16.5. The maximum atomic E-state index is 12.3. The zero-order chi connectivity index (χ0) is 16.2. The van der Waals surface area contributed by atoms with Gasteiger partial charge in [0, 0.05) is 12.7 Å². The monoisotopic (exact) mass is 332 g/mol. The molecule has 0 bridgehead atoms. The van der Waals surface area contributed by atoms with Gasteiger partial charge in [-0.05, 0) is 30.2 Å². The highest BCUT2D eigenvalue weighted by molar-refractivity contribution is 6.29. The molecule has 0 saturated heterocycles. The summed E-state index contributed by atoms with van der Waals surface area (Å²) in [6.45, 7) is 0.351. The fraction of sp³-hybridized carbons (Fsp3) is 0.286. The maximum Gasteiger partial charge on any atom is 0.573 e. The number of hydrogen-bond acceptors (Lipinski definition) is 4. The molecule has 0 spiro atoms. The van der Waals surface area contributed by atoms with Crippen LogP contribution in [0.5, 0.6) is 5.75 Å². The zero-order valence-electron chi connectivity index (χ0n) is 11.5. The van der Waals surface area contributed by atoms with Crippen LogP contribution in [0.3, 0.4) is 0 Å². The van der Waals surface area contributed by atoms with E-state index in [-0.39, 0.29) is 10.9 Å². The standard InChI is InChI=1S/C14H12ClF3N2O2/c1-21-5-4-9-6-10(22-14(16,17)18)2-3-11(9)12-7-20-13(15)8-19-12/h2-3,6-8H,4-5H2,1H3. The van der Waals surface area contributed by atoms with E-state index >= 15 is 0 Å². The van der Waals surface area contributed by atoms with E-state index in [2.05, 4.69) is 14.7 Å². The van der Waals surface area contributed by atoms with E-state index in [0.29, 0.717) is 29.8 Å². The number of methoxy groups -OCH3 is 1. The molecule has 118 valence electrons. The second-order valence-corrected chi connectivity index (χ2v) is 4.72. The average Bonchev–Trinajstić information content (AvgIpc) is 2.45. The van der Waals surface area contributed by atoms with Gasteiger partial charge in [0.2, 0.25) is 0 Å². The van der Waals surface area contributed by atoms with Gasteiger partial charge in [0.15, 0.2) is 0 Å². The number of benzene rings is 1. The minimum absolute atomic E-state index is 0.235. The van der Waals surface area contributed by atoms with Crippen LogP contribution >= 0.6 is 11.6 Å². The van der Waals surface area contributed by atoms with Crippen LogP contribution in [0.4, 0.5) is 13.2 Å². The van der Waals surface area contributed by atoms with Crippen LogP contribution in [-0.4, -0.2) is 30.0 Å². The van der Waals surface area contributed by atoms with Gasteiger partial charge < -0.3 is 9.47 Å². The van der Waals surface area contributed by atoms with Crippen LogP contribution in [0.25, 0.3) is 11.3 Å². The molecule has 0 aliphatic heterocycles. The summed E-state index contributed by atoms with van der Waals surface area (Å²) in [5.41, 5.74) is 1.77. The molecule has 0 radical (unpaired) electrons. The molecule has 2 rings (SSSR count). The summed E-state index contributed by atoms with van der Waals surface area (Å²) in [5, 5.41) is 0.235. The fourth-order valence-electron chi connectivity index (χ4n) is 1.89. The molecular weight excluding hydrogens is 321 g/mol. The molecular formula is C14H12ClF3N2O2. The normalized spacial score (nSPS) is 11.5. The summed E-state index contributed by atoms with van der Waals surface area (Å²) in [6.07, 6.45) is -1.50. The highest BCUT2D eigenvalue weighted by Crippen LogP contribution is 2.29. The SMILES string of the molecule is COCCc1cc(OC(F)(F)F)ccc1-c1cnc(Cl)cn1. The van der Waals surface area contributed by atoms with E-state index in [4.69, 9.17) is 16.3 Å². The predicted octanol–water partition coefficient (Wildman–Crippen LogP) is 3.88. The Morgan fingerprint density at radius 1 is 1.18 bits per heavy atom. The summed E-state index contributed by atoms with van der Waals surface area (Å²) in [4.78, 5) is 8.04. The minimum atomic E-state index is -4.74. The molecule has 0 amide bonds. The van der Waals surface area contributed by atoms with E-state index in [0.717, 1.165) is 0 Å². The second-order valence-electron chi connectivity index (χ2n) is 4.33. The van der Waals surface area contributed by atoms with E-state index in [1.54, 1.807) is 0 Å². The lowest BCUT2D eigenvalue weighted by atomic mass is 10.0. The Labute approximate surface area is 129 Å². The summed E-state index contributed by atoms with van der Waals surface area (Å²) in [6, 6.07) is 4.05. The topological polar surface area (TPSA) is 44.2 Å². The third-order valence-corrected chi connectivity index (χ3v) is 2.98. The van der Waals surface area contributed by atoms with Crippen molar-refractivity contribution in [2.45, 2.75) is 12.8 Å². The van der Waals surface area contributed by atoms with Gasteiger partial charge in [0.05, 0.1) is 24.7 Å². The molecule has 0 N–H and O–H groups in total. The van der Waals surface area contributed by atoms with Crippen LogP contribution in [0.15, 0.2) is 30.6 Å². The van der Waals surface area contributed by atoms with Crippen LogP contribution in [0.2, 0.25) is 5.15 Å². The van der Waals surface area contributed by atoms with Crippen molar-refractivity contribution >= 4 is 11.6 Å². The highest BCUT2D eigenvalue weighted by atomic mass is 35.5.